The van der Waals surface area contributed by atoms with Gasteiger partial charge in [0.2, 0.25) is 0 Å². The lowest BCUT2D eigenvalue weighted by molar-refractivity contribution is 0.0937. The van der Waals surface area contributed by atoms with E-state index in [1.807, 2.05) is 78.9 Å². The molecular weight excluding hydrogens is 384 g/mol. The van der Waals surface area contributed by atoms with Gasteiger partial charge in [0.15, 0.2) is 11.6 Å². The summed E-state index contributed by atoms with van der Waals surface area (Å²) in [6.07, 6.45) is 2.55. The highest BCUT2D eigenvalue weighted by Crippen LogP contribution is 2.25. The second-order valence-electron chi connectivity index (χ2n) is 7.98. The van der Waals surface area contributed by atoms with E-state index in [9.17, 15) is 9.59 Å². The summed E-state index contributed by atoms with van der Waals surface area (Å²) < 4.78 is 0. The first-order chi connectivity index (χ1) is 15.0. The minimum atomic E-state index is -0.452. The minimum absolute atomic E-state index is 0.0439. The number of Topliss-reactive ketones (excluding diaryl/α,β-unsaturated/α-hetero) is 2. The van der Waals surface area contributed by atoms with E-state index >= 15 is 0 Å². The maximum atomic E-state index is 13.6. The lowest BCUT2D eigenvalue weighted by Gasteiger charge is -2.23. The topological polar surface area (TPSA) is 62.0 Å². The molecule has 0 aliphatic rings. The van der Waals surface area contributed by atoms with Gasteiger partial charge in [-0.15, -0.1) is 0 Å². The van der Waals surface area contributed by atoms with Gasteiger partial charge in [0.1, 0.15) is 0 Å². The molecule has 0 amide bonds. The largest absolute Gasteiger partial charge is 0.360 e. The fourth-order valence-corrected chi connectivity index (χ4v) is 3.97. The van der Waals surface area contributed by atoms with Crippen LogP contribution in [0, 0.1) is 0 Å². The number of carbonyl (C=O) groups is 2. The fourth-order valence-electron chi connectivity index (χ4n) is 3.97. The molecule has 4 rings (SSSR count). The summed E-state index contributed by atoms with van der Waals surface area (Å²) in [5.41, 5.74) is 4.42. The molecule has 1 aromatic heterocycles. The standard InChI is InChI=1S/C27H26N2O2/c1-18(16-20-12-14-21(15-13-20)19(2)30)29-26(22-8-4-3-5-9-22)27(31)24-17-28-25-11-7-6-10-23(24)25/h3-15,17-18,26,28-29H,16H2,1-2H3/t18-,26-/m1/s1. The van der Waals surface area contributed by atoms with Gasteiger partial charge in [-0.05, 0) is 37.5 Å². The number of aromatic nitrogens is 1. The highest BCUT2D eigenvalue weighted by atomic mass is 16.1. The molecule has 0 saturated carbocycles. The first kappa shape index (κ1) is 20.8. The van der Waals surface area contributed by atoms with Crippen molar-refractivity contribution in [1.29, 1.82) is 0 Å². The zero-order valence-electron chi connectivity index (χ0n) is 17.8. The Bertz CT molecular complexity index is 1190. The third-order valence-electron chi connectivity index (χ3n) is 5.60. The van der Waals surface area contributed by atoms with Gasteiger partial charge in [-0.25, -0.2) is 0 Å². The number of carbonyl (C=O) groups excluding carboxylic acids is 2. The van der Waals surface area contributed by atoms with Gasteiger partial charge in [-0.2, -0.15) is 0 Å². The van der Waals surface area contributed by atoms with Crippen molar-refractivity contribution in [1.82, 2.24) is 10.3 Å². The number of benzene rings is 3. The summed E-state index contributed by atoms with van der Waals surface area (Å²) in [6, 6.07) is 25.0. The summed E-state index contributed by atoms with van der Waals surface area (Å²) in [4.78, 5) is 28.3. The van der Waals surface area contributed by atoms with Crippen LogP contribution < -0.4 is 5.32 Å². The number of rotatable bonds is 8. The van der Waals surface area contributed by atoms with Crippen molar-refractivity contribution < 1.29 is 9.59 Å². The Hall–Kier alpha value is -3.50. The van der Waals surface area contributed by atoms with Crippen LogP contribution in [-0.4, -0.2) is 22.6 Å². The van der Waals surface area contributed by atoms with Gasteiger partial charge in [-0.1, -0.05) is 72.8 Å². The lowest BCUT2D eigenvalue weighted by Crippen LogP contribution is -2.36. The first-order valence-electron chi connectivity index (χ1n) is 10.5. The number of hydrogen-bond acceptors (Lipinski definition) is 3. The molecule has 0 radical (unpaired) electrons. The molecule has 0 aliphatic heterocycles. The quantitative estimate of drug-likeness (QED) is 0.376. The molecular formula is C27H26N2O2. The van der Waals surface area contributed by atoms with Crippen LogP contribution in [0.1, 0.15) is 51.7 Å². The monoisotopic (exact) mass is 410 g/mol. The molecule has 0 unspecified atom stereocenters. The van der Waals surface area contributed by atoms with Crippen molar-refractivity contribution in [2.24, 2.45) is 0 Å². The molecule has 1 heterocycles. The van der Waals surface area contributed by atoms with Gasteiger partial charge in [0.05, 0.1) is 6.04 Å². The van der Waals surface area contributed by atoms with Crippen LogP contribution in [-0.2, 0) is 6.42 Å². The molecule has 3 aromatic carbocycles. The minimum Gasteiger partial charge on any atom is -0.360 e. The average molecular weight is 411 g/mol. The maximum absolute atomic E-state index is 13.6. The van der Waals surface area contributed by atoms with E-state index in [2.05, 4.69) is 17.2 Å². The number of para-hydroxylation sites is 1. The number of nitrogens with one attached hydrogen (secondary N) is 2. The third-order valence-corrected chi connectivity index (χ3v) is 5.60. The van der Waals surface area contributed by atoms with Crippen LogP contribution in [0.15, 0.2) is 85.1 Å². The molecule has 0 fully saturated rings. The molecule has 0 aliphatic carbocycles. The van der Waals surface area contributed by atoms with E-state index in [4.69, 9.17) is 0 Å². The maximum Gasteiger partial charge on any atom is 0.186 e. The lowest BCUT2D eigenvalue weighted by atomic mass is 9.95. The van der Waals surface area contributed by atoms with E-state index in [1.165, 1.54) is 0 Å². The number of H-pyrrole nitrogens is 1. The highest BCUT2D eigenvalue weighted by molar-refractivity contribution is 6.10. The summed E-state index contributed by atoms with van der Waals surface area (Å²) >= 11 is 0. The molecule has 156 valence electrons. The number of hydrogen-bond donors (Lipinski definition) is 2. The van der Waals surface area contributed by atoms with E-state index in [1.54, 1.807) is 13.1 Å². The first-order valence-corrected chi connectivity index (χ1v) is 10.5. The Kier molecular flexibility index (Phi) is 6.10. The average Bonchev–Trinajstić information content (AvgIpc) is 3.22. The number of ketones is 2. The normalized spacial score (nSPS) is 13.1. The van der Waals surface area contributed by atoms with Gasteiger partial charge in [0.25, 0.3) is 0 Å². The van der Waals surface area contributed by atoms with Gasteiger partial charge in [-0.3, -0.25) is 9.59 Å². The summed E-state index contributed by atoms with van der Waals surface area (Å²) in [6.45, 7) is 3.65. The molecule has 0 bridgehead atoms. The third kappa shape index (κ3) is 4.65. The van der Waals surface area contributed by atoms with Crippen LogP contribution in [0.5, 0.6) is 0 Å². The van der Waals surface area contributed by atoms with Crippen molar-refractivity contribution in [3.63, 3.8) is 0 Å². The Balaban J connectivity index is 1.58. The Morgan fingerprint density at radius 1 is 0.903 bits per heavy atom. The molecule has 31 heavy (non-hydrogen) atoms. The molecule has 4 nitrogen and oxygen atoms in total. The second-order valence-corrected chi connectivity index (χ2v) is 7.98. The molecule has 4 aromatic rings. The van der Waals surface area contributed by atoms with Crippen molar-refractivity contribution in [3.05, 3.63) is 107 Å². The van der Waals surface area contributed by atoms with Crippen molar-refractivity contribution in [2.75, 3.05) is 0 Å². The van der Waals surface area contributed by atoms with Crippen LogP contribution in [0.2, 0.25) is 0 Å². The summed E-state index contributed by atoms with van der Waals surface area (Å²) in [7, 11) is 0. The SMILES string of the molecule is CC(=O)c1ccc(C[C@@H](C)N[C@@H](C(=O)c2c[nH]c3ccccc23)c2ccccc2)cc1. The van der Waals surface area contributed by atoms with Crippen LogP contribution in [0.3, 0.4) is 0 Å². The molecule has 0 saturated heterocycles. The van der Waals surface area contributed by atoms with Crippen molar-refractivity contribution in [2.45, 2.75) is 32.4 Å². The number of aromatic amines is 1. The number of fused-ring (bicyclic) bond motifs is 1. The molecule has 4 heteroatoms. The van der Waals surface area contributed by atoms with E-state index in [0.29, 0.717) is 11.1 Å². The molecule has 0 spiro atoms. The van der Waals surface area contributed by atoms with Crippen LogP contribution in [0.25, 0.3) is 10.9 Å². The smallest absolute Gasteiger partial charge is 0.186 e. The zero-order valence-corrected chi connectivity index (χ0v) is 17.8. The van der Waals surface area contributed by atoms with E-state index in [-0.39, 0.29) is 17.6 Å². The molecule has 2 atom stereocenters. The Labute approximate surface area is 182 Å². The fraction of sp³-hybridized carbons (Fsp3) is 0.185. The Morgan fingerprint density at radius 2 is 1.58 bits per heavy atom. The summed E-state index contributed by atoms with van der Waals surface area (Å²) in [5, 5.41) is 4.47. The van der Waals surface area contributed by atoms with Gasteiger partial charge in [0, 0.05) is 34.3 Å². The van der Waals surface area contributed by atoms with Gasteiger partial charge >= 0.3 is 0 Å². The van der Waals surface area contributed by atoms with Gasteiger partial charge < -0.3 is 10.3 Å². The van der Waals surface area contributed by atoms with E-state index < -0.39 is 6.04 Å². The summed E-state index contributed by atoms with van der Waals surface area (Å²) in [5.74, 6) is 0.105. The van der Waals surface area contributed by atoms with Crippen LogP contribution in [0.4, 0.5) is 0 Å². The van der Waals surface area contributed by atoms with Crippen molar-refractivity contribution >= 4 is 22.5 Å². The predicted molar refractivity (Wildman–Crippen MR) is 125 cm³/mol. The molecule has 2 N–H and O–H groups in total. The van der Waals surface area contributed by atoms with Crippen LogP contribution >= 0.6 is 0 Å². The Morgan fingerprint density at radius 3 is 2.29 bits per heavy atom. The van der Waals surface area contributed by atoms with E-state index in [0.717, 1.165) is 28.5 Å². The van der Waals surface area contributed by atoms with Crippen molar-refractivity contribution in [3.8, 4) is 0 Å². The zero-order chi connectivity index (χ0) is 21.8. The second kappa shape index (κ2) is 9.11. The highest BCUT2D eigenvalue weighted by Gasteiger charge is 2.25. The predicted octanol–water partition coefficient (Wildman–Crippen LogP) is 5.52.